The first kappa shape index (κ1) is 13.8. The van der Waals surface area contributed by atoms with E-state index in [1.54, 1.807) is 6.92 Å². The fraction of sp³-hybridized carbons (Fsp3) is 0.500. The van der Waals surface area contributed by atoms with Crippen molar-refractivity contribution in [2.45, 2.75) is 33.1 Å². The summed E-state index contributed by atoms with van der Waals surface area (Å²) < 4.78 is 4.94. The molecule has 0 saturated heterocycles. The number of hydrogen-bond donors (Lipinski definition) is 0. The summed E-state index contributed by atoms with van der Waals surface area (Å²) in [6.45, 7) is 4.23. The van der Waals surface area contributed by atoms with E-state index in [0.717, 1.165) is 6.42 Å². The first-order chi connectivity index (χ1) is 9.13. The molecule has 1 aromatic carbocycles. The van der Waals surface area contributed by atoms with Crippen molar-refractivity contribution in [3.05, 3.63) is 35.4 Å². The average molecular weight is 260 g/mol. The molecule has 19 heavy (non-hydrogen) atoms. The number of hydrogen-bond acceptors (Lipinski definition) is 3. The van der Waals surface area contributed by atoms with Gasteiger partial charge in [-0.1, -0.05) is 24.3 Å². The minimum Gasteiger partial charge on any atom is -0.466 e. The van der Waals surface area contributed by atoms with Gasteiger partial charge in [0, 0.05) is 12.3 Å². The third-order valence-corrected chi connectivity index (χ3v) is 3.70. The maximum Gasteiger partial charge on any atom is 0.309 e. The normalized spacial score (nSPS) is 20.9. The van der Waals surface area contributed by atoms with Crippen molar-refractivity contribution in [2.24, 2.45) is 11.8 Å². The van der Waals surface area contributed by atoms with E-state index in [9.17, 15) is 9.59 Å². The van der Waals surface area contributed by atoms with Gasteiger partial charge in [0.15, 0.2) is 0 Å². The van der Waals surface area contributed by atoms with E-state index in [4.69, 9.17) is 4.74 Å². The zero-order valence-corrected chi connectivity index (χ0v) is 11.5. The first-order valence-corrected chi connectivity index (χ1v) is 6.87. The molecule has 0 heterocycles. The second-order valence-electron chi connectivity index (χ2n) is 5.09. The summed E-state index contributed by atoms with van der Waals surface area (Å²) in [6.07, 6.45) is 1.95. The van der Waals surface area contributed by atoms with Crippen molar-refractivity contribution < 1.29 is 14.3 Å². The number of ketones is 1. The van der Waals surface area contributed by atoms with E-state index in [1.807, 2.05) is 12.1 Å². The molecule has 0 N–H and O–H groups in total. The van der Waals surface area contributed by atoms with Gasteiger partial charge < -0.3 is 4.74 Å². The van der Waals surface area contributed by atoms with Gasteiger partial charge in [0.05, 0.1) is 12.5 Å². The van der Waals surface area contributed by atoms with Crippen LogP contribution in [-0.2, 0) is 20.7 Å². The molecule has 1 saturated carbocycles. The highest BCUT2D eigenvalue weighted by Gasteiger charge is 2.48. The van der Waals surface area contributed by atoms with E-state index in [-0.39, 0.29) is 23.6 Å². The highest BCUT2D eigenvalue weighted by Crippen LogP contribution is 2.41. The molecule has 1 aliphatic carbocycles. The van der Waals surface area contributed by atoms with Crippen LogP contribution in [0.1, 0.15) is 30.9 Å². The molecule has 1 aromatic rings. The van der Waals surface area contributed by atoms with Crippen molar-refractivity contribution in [1.29, 1.82) is 0 Å². The van der Waals surface area contributed by atoms with Crippen molar-refractivity contribution in [3.63, 3.8) is 0 Å². The molecule has 1 aliphatic rings. The Kier molecular flexibility index (Phi) is 4.35. The summed E-state index contributed by atoms with van der Waals surface area (Å²) in [5.41, 5.74) is 2.43. The van der Waals surface area contributed by atoms with E-state index < -0.39 is 0 Å². The lowest BCUT2D eigenvalue weighted by Crippen LogP contribution is -2.12. The Morgan fingerprint density at radius 1 is 1.26 bits per heavy atom. The molecule has 2 atom stereocenters. The highest BCUT2D eigenvalue weighted by molar-refractivity contribution is 5.91. The van der Waals surface area contributed by atoms with Gasteiger partial charge in [-0.05, 0) is 37.8 Å². The topological polar surface area (TPSA) is 43.4 Å². The van der Waals surface area contributed by atoms with E-state index in [0.29, 0.717) is 19.4 Å². The predicted octanol–water partition coefficient (Wildman–Crippen LogP) is 2.70. The number of esters is 1. The zero-order valence-electron chi connectivity index (χ0n) is 11.5. The van der Waals surface area contributed by atoms with Gasteiger partial charge in [-0.15, -0.1) is 0 Å². The number of Topliss-reactive ketones (excluding diaryl/α,β-unsaturated/α-hetero) is 1. The van der Waals surface area contributed by atoms with Gasteiger partial charge in [-0.2, -0.15) is 0 Å². The van der Waals surface area contributed by atoms with E-state index in [1.165, 1.54) is 11.1 Å². The summed E-state index contributed by atoms with van der Waals surface area (Å²) in [5, 5.41) is 0. The fourth-order valence-electron chi connectivity index (χ4n) is 2.39. The molecule has 0 radical (unpaired) electrons. The summed E-state index contributed by atoms with van der Waals surface area (Å²) in [7, 11) is 0. The van der Waals surface area contributed by atoms with Crippen LogP contribution >= 0.6 is 0 Å². The summed E-state index contributed by atoms with van der Waals surface area (Å²) in [5.74, 6) is -0.287. The Morgan fingerprint density at radius 2 is 2.00 bits per heavy atom. The number of ether oxygens (including phenoxy) is 1. The molecule has 2 rings (SSSR count). The van der Waals surface area contributed by atoms with Gasteiger partial charge >= 0.3 is 5.97 Å². The molecule has 0 unspecified atom stereocenters. The quantitative estimate of drug-likeness (QED) is 0.739. The third-order valence-electron chi connectivity index (χ3n) is 3.70. The lowest BCUT2D eigenvalue weighted by molar-refractivity contribution is -0.145. The average Bonchev–Trinajstić information content (AvgIpc) is 3.18. The largest absolute Gasteiger partial charge is 0.466 e. The first-order valence-electron chi connectivity index (χ1n) is 6.87. The molecule has 1 fully saturated rings. The highest BCUT2D eigenvalue weighted by atomic mass is 16.5. The zero-order chi connectivity index (χ0) is 13.8. The molecule has 3 nitrogen and oxygen atoms in total. The minimum atomic E-state index is -0.211. The van der Waals surface area contributed by atoms with Gasteiger partial charge in [0.1, 0.15) is 5.78 Å². The van der Waals surface area contributed by atoms with Crippen LogP contribution in [0.25, 0.3) is 0 Å². The number of aryl methyl sites for hydroxylation is 2. The molecule has 3 heteroatoms. The van der Waals surface area contributed by atoms with Crippen LogP contribution in [0.15, 0.2) is 24.3 Å². The third kappa shape index (κ3) is 3.43. The van der Waals surface area contributed by atoms with Crippen LogP contribution in [0.5, 0.6) is 0 Å². The maximum absolute atomic E-state index is 12.0. The Balaban J connectivity index is 1.81. The molecule has 0 aliphatic heterocycles. The minimum absolute atomic E-state index is 0.0944. The van der Waals surface area contributed by atoms with Crippen LogP contribution in [0.4, 0.5) is 0 Å². The van der Waals surface area contributed by atoms with Crippen LogP contribution in [0.3, 0.4) is 0 Å². The second kappa shape index (κ2) is 6.00. The fourth-order valence-corrected chi connectivity index (χ4v) is 2.39. The number of rotatable bonds is 6. The van der Waals surface area contributed by atoms with Gasteiger partial charge in [0.25, 0.3) is 0 Å². The summed E-state index contributed by atoms with van der Waals surface area (Å²) >= 11 is 0. The van der Waals surface area contributed by atoms with Gasteiger partial charge in [-0.25, -0.2) is 0 Å². The molecule has 102 valence electrons. The van der Waals surface area contributed by atoms with Crippen molar-refractivity contribution in [3.8, 4) is 0 Å². The molecular formula is C16H20O3. The van der Waals surface area contributed by atoms with Gasteiger partial charge in [0.2, 0.25) is 0 Å². The Morgan fingerprint density at radius 3 is 2.68 bits per heavy atom. The maximum atomic E-state index is 12.0. The van der Waals surface area contributed by atoms with Crippen LogP contribution in [0.2, 0.25) is 0 Å². The van der Waals surface area contributed by atoms with Crippen LogP contribution in [0, 0.1) is 18.8 Å². The SMILES string of the molecule is CCOC(=O)[C@H]1C[C@@H]1C(=O)CCc1ccccc1C. The summed E-state index contributed by atoms with van der Waals surface area (Å²) in [6, 6.07) is 8.10. The molecule has 0 spiro atoms. The van der Waals surface area contributed by atoms with Crippen LogP contribution in [-0.4, -0.2) is 18.4 Å². The number of benzene rings is 1. The molecular weight excluding hydrogens is 240 g/mol. The molecule has 0 bridgehead atoms. The summed E-state index contributed by atoms with van der Waals surface area (Å²) in [4.78, 5) is 23.5. The standard InChI is InChI=1S/C16H20O3/c1-3-19-16(18)14-10-13(14)15(17)9-8-12-7-5-4-6-11(12)2/h4-7,13-14H,3,8-10H2,1-2H3/t13-,14-/m0/s1. The Labute approximate surface area is 114 Å². The monoisotopic (exact) mass is 260 g/mol. The van der Waals surface area contributed by atoms with Crippen LogP contribution < -0.4 is 0 Å². The lowest BCUT2D eigenvalue weighted by atomic mass is 10.0. The Hall–Kier alpha value is -1.64. The Bertz CT molecular complexity index is 479. The second-order valence-corrected chi connectivity index (χ2v) is 5.09. The number of carbonyl (C=O) groups is 2. The van der Waals surface area contributed by atoms with Crippen molar-refractivity contribution in [1.82, 2.24) is 0 Å². The van der Waals surface area contributed by atoms with Crippen molar-refractivity contribution >= 4 is 11.8 Å². The molecule has 0 aromatic heterocycles. The van der Waals surface area contributed by atoms with E-state index in [2.05, 4.69) is 19.1 Å². The van der Waals surface area contributed by atoms with E-state index >= 15 is 0 Å². The lowest BCUT2D eigenvalue weighted by Gasteiger charge is -2.05. The smallest absolute Gasteiger partial charge is 0.309 e. The van der Waals surface area contributed by atoms with Gasteiger partial charge in [-0.3, -0.25) is 9.59 Å². The molecule has 0 amide bonds. The van der Waals surface area contributed by atoms with Crippen molar-refractivity contribution in [2.75, 3.05) is 6.61 Å². The predicted molar refractivity (Wildman–Crippen MR) is 72.7 cm³/mol. The number of carbonyl (C=O) groups excluding carboxylic acids is 2.